The van der Waals surface area contributed by atoms with Crippen LogP contribution in [-0.4, -0.2) is 38.9 Å². The Bertz CT molecular complexity index is 761. The molecule has 142 valence electrons. The van der Waals surface area contributed by atoms with Crippen LogP contribution in [0.1, 0.15) is 52.1 Å². The summed E-state index contributed by atoms with van der Waals surface area (Å²) in [5, 5.41) is 13.0. The molecule has 1 N–H and O–H groups in total. The highest BCUT2D eigenvalue weighted by molar-refractivity contribution is 7.10. The molecule has 7 nitrogen and oxygen atoms in total. The fourth-order valence-electron chi connectivity index (χ4n) is 3.20. The van der Waals surface area contributed by atoms with Gasteiger partial charge in [0.2, 0.25) is 10.7 Å². The number of aryl methyl sites for hydroxylation is 1. The Balaban J connectivity index is 1.55. The van der Waals surface area contributed by atoms with E-state index in [1.807, 2.05) is 26.2 Å². The van der Waals surface area contributed by atoms with Crippen molar-refractivity contribution in [3.05, 3.63) is 22.8 Å². The van der Waals surface area contributed by atoms with Crippen molar-refractivity contribution in [3.8, 4) is 5.19 Å². The van der Waals surface area contributed by atoms with E-state index in [4.69, 9.17) is 10.1 Å². The van der Waals surface area contributed by atoms with Gasteiger partial charge in [0, 0.05) is 31.5 Å². The highest BCUT2D eigenvalue weighted by atomic mass is 32.1. The third kappa shape index (κ3) is 4.23. The second-order valence-corrected chi connectivity index (χ2v) is 8.04. The average Bonchev–Trinajstić information content (AvgIpc) is 3.02. The fourth-order valence-corrected chi connectivity index (χ4v) is 4.04. The first kappa shape index (κ1) is 18.8. The standard InChI is InChI=1S/C18H28N6OS/c1-5-14-10-20-17(21-11-14)23-8-6-15(7-9-23)13(4)25-18-22-24(12(2)3)16(19)26-18/h10-13,15,19H,5-9H2,1-4H3. The summed E-state index contributed by atoms with van der Waals surface area (Å²) >= 11 is 1.30. The van der Waals surface area contributed by atoms with Crippen LogP contribution in [0.25, 0.3) is 0 Å². The second-order valence-electron chi connectivity index (χ2n) is 7.10. The Kier molecular flexibility index (Phi) is 5.90. The number of hydrogen-bond acceptors (Lipinski definition) is 7. The van der Waals surface area contributed by atoms with Gasteiger partial charge in [-0.3, -0.25) is 5.41 Å². The van der Waals surface area contributed by atoms with Gasteiger partial charge in [-0.15, -0.1) is 5.10 Å². The summed E-state index contributed by atoms with van der Waals surface area (Å²) in [5.41, 5.74) is 1.17. The Hall–Kier alpha value is -1.96. The van der Waals surface area contributed by atoms with Crippen LogP contribution < -0.4 is 14.4 Å². The van der Waals surface area contributed by atoms with Crippen LogP contribution in [0.2, 0.25) is 0 Å². The number of ether oxygens (including phenoxy) is 1. The maximum absolute atomic E-state index is 7.98. The molecule has 0 amide bonds. The molecule has 0 aliphatic carbocycles. The Morgan fingerprint density at radius 3 is 2.42 bits per heavy atom. The number of anilines is 1. The van der Waals surface area contributed by atoms with E-state index in [9.17, 15) is 0 Å². The molecule has 2 aromatic heterocycles. The van der Waals surface area contributed by atoms with E-state index in [2.05, 4.69) is 33.8 Å². The smallest absolute Gasteiger partial charge is 0.294 e. The van der Waals surface area contributed by atoms with Crippen LogP contribution in [0, 0.1) is 11.3 Å². The molecule has 1 fully saturated rings. The van der Waals surface area contributed by atoms with Crippen molar-refractivity contribution in [2.45, 2.75) is 59.1 Å². The van der Waals surface area contributed by atoms with Gasteiger partial charge >= 0.3 is 0 Å². The maximum atomic E-state index is 7.98. The molecule has 3 heterocycles. The number of rotatable bonds is 6. The normalized spacial score (nSPS) is 16.9. The minimum absolute atomic E-state index is 0.0895. The van der Waals surface area contributed by atoms with Crippen molar-refractivity contribution in [2.24, 2.45) is 5.92 Å². The Labute approximate surface area is 158 Å². The molecule has 1 aliphatic rings. The number of nitrogens with one attached hydrogen (secondary N) is 1. The van der Waals surface area contributed by atoms with Gasteiger partial charge in [-0.05, 0) is 62.9 Å². The van der Waals surface area contributed by atoms with Crippen molar-refractivity contribution in [1.82, 2.24) is 19.7 Å². The van der Waals surface area contributed by atoms with Gasteiger partial charge in [0.1, 0.15) is 6.10 Å². The molecule has 1 atom stereocenters. The molecule has 0 saturated carbocycles. The lowest BCUT2D eigenvalue weighted by Gasteiger charge is -2.34. The molecule has 26 heavy (non-hydrogen) atoms. The summed E-state index contributed by atoms with van der Waals surface area (Å²) in [6, 6.07) is 0.175. The van der Waals surface area contributed by atoms with Crippen molar-refractivity contribution < 1.29 is 4.74 Å². The van der Waals surface area contributed by atoms with Crippen molar-refractivity contribution >= 4 is 17.3 Å². The molecule has 2 aromatic rings. The molecule has 1 aliphatic heterocycles. The van der Waals surface area contributed by atoms with Crippen LogP contribution >= 0.6 is 11.3 Å². The molecule has 0 bridgehead atoms. The topological polar surface area (TPSA) is 79.9 Å². The van der Waals surface area contributed by atoms with Crippen molar-refractivity contribution in [3.63, 3.8) is 0 Å². The number of aromatic nitrogens is 4. The number of piperidine rings is 1. The van der Waals surface area contributed by atoms with E-state index in [1.54, 1.807) is 4.68 Å². The highest BCUT2D eigenvalue weighted by Crippen LogP contribution is 2.26. The van der Waals surface area contributed by atoms with Crippen LogP contribution in [-0.2, 0) is 6.42 Å². The molecule has 1 saturated heterocycles. The van der Waals surface area contributed by atoms with Gasteiger partial charge in [0.05, 0.1) is 0 Å². The van der Waals surface area contributed by atoms with Crippen LogP contribution in [0.3, 0.4) is 0 Å². The first-order valence-electron chi connectivity index (χ1n) is 9.34. The summed E-state index contributed by atoms with van der Waals surface area (Å²) in [6.07, 6.45) is 6.99. The third-order valence-corrected chi connectivity index (χ3v) is 5.68. The lowest BCUT2D eigenvalue weighted by Crippen LogP contribution is -2.39. The third-order valence-electron chi connectivity index (χ3n) is 4.94. The van der Waals surface area contributed by atoms with Gasteiger partial charge in [0.25, 0.3) is 5.19 Å². The summed E-state index contributed by atoms with van der Waals surface area (Å²) in [4.78, 5) is 11.7. The van der Waals surface area contributed by atoms with Crippen LogP contribution in [0.5, 0.6) is 5.19 Å². The lowest BCUT2D eigenvalue weighted by atomic mass is 9.92. The number of hydrogen-bond donors (Lipinski definition) is 1. The van der Waals surface area contributed by atoms with E-state index in [-0.39, 0.29) is 12.1 Å². The second kappa shape index (κ2) is 8.16. The summed E-state index contributed by atoms with van der Waals surface area (Å²) < 4.78 is 7.75. The largest absolute Gasteiger partial charge is 0.466 e. The van der Waals surface area contributed by atoms with E-state index in [1.165, 1.54) is 16.9 Å². The predicted molar refractivity (Wildman–Crippen MR) is 103 cm³/mol. The Morgan fingerprint density at radius 1 is 1.23 bits per heavy atom. The van der Waals surface area contributed by atoms with Gasteiger partial charge in [-0.2, -0.15) is 0 Å². The maximum Gasteiger partial charge on any atom is 0.294 e. The molecule has 0 radical (unpaired) electrons. The summed E-state index contributed by atoms with van der Waals surface area (Å²) in [7, 11) is 0. The molecular formula is C18H28N6OS. The molecule has 0 aromatic carbocycles. The summed E-state index contributed by atoms with van der Waals surface area (Å²) in [5.74, 6) is 1.30. The van der Waals surface area contributed by atoms with Gasteiger partial charge in [0.15, 0.2) is 0 Å². The SMILES string of the molecule is CCc1cnc(N2CCC(C(C)Oc3nn(C(C)C)c(=N)s3)CC2)nc1. The molecule has 0 spiro atoms. The molecule has 8 heteroatoms. The van der Waals surface area contributed by atoms with Crippen molar-refractivity contribution in [2.75, 3.05) is 18.0 Å². The fraction of sp³-hybridized carbons (Fsp3) is 0.667. The predicted octanol–water partition coefficient (Wildman–Crippen LogP) is 3.04. The highest BCUT2D eigenvalue weighted by Gasteiger charge is 2.27. The minimum Gasteiger partial charge on any atom is -0.466 e. The first-order chi connectivity index (χ1) is 12.5. The quantitative estimate of drug-likeness (QED) is 0.838. The number of nitrogens with zero attached hydrogens (tertiary/aromatic N) is 5. The minimum atomic E-state index is 0.0895. The zero-order valence-corrected chi connectivity index (χ0v) is 16.8. The van der Waals surface area contributed by atoms with Crippen LogP contribution in [0.4, 0.5) is 5.95 Å². The van der Waals surface area contributed by atoms with Crippen LogP contribution in [0.15, 0.2) is 12.4 Å². The van der Waals surface area contributed by atoms with Gasteiger partial charge < -0.3 is 9.64 Å². The molecule has 1 unspecified atom stereocenters. The summed E-state index contributed by atoms with van der Waals surface area (Å²) in [6.45, 7) is 10.2. The Morgan fingerprint density at radius 2 is 1.88 bits per heavy atom. The van der Waals surface area contributed by atoms with Gasteiger partial charge in [-0.1, -0.05) is 6.92 Å². The monoisotopic (exact) mass is 376 g/mol. The average molecular weight is 377 g/mol. The first-order valence-corrected chi connectivity index (χ1v) is 10.2. The van der Waals surface area contributed by atoms with E-state index in [0.717, 1.165) is 38.3 Å². The van der Waals surface area contributed by atoms with Gasteiger partial charge in [-0.25, -0.2) is 14.6 Å². The lowest BCUT2D eigenvalue weighted by molar-refractivity contribution is 0.130. The molecular weight excluding hydrogens is 348 g/mol. The van der Waals surface area contributed by atoms with E-state index < -0.39 is 0 Å². The zero-order chi connectivity index (χ0) is 18.7. The van der Waals surface area contributed by atoms with Crippen molar-refractivity contribution in [1.29, 1.82) is 5.41 Å². The van der Waals surface area contributed by atoms with E-state index >= 15 is 0 Å². The molecule has 3 rings (SSSR count). The zero-order valence-electron chi connectivity index (χ0n) is 16.0. The van der Waals surface area contributed by atoms with E-state index in [0.29, 0.717) is 15.9 Å².